The van der Waals surface area contributed by atoms with Crippen molar-refractivity contribution in [3.8, 4) is 0 Å². The molecule has 3 nitrogen and oxygen atoms in total. The highest BCUT2D eigenvalue weighted by Crippen LogP contribution is 2.44. The SMILES string of the molecule is CC1(C2CC2)CN(CC2CCC3(CCCC3)O2)CCCN1. The third kappa shape index (κ3) is 3.02. The lowest BCUT2D eigenvalue weighted by Gasteiger charge is -2.35. The minimum atomic E-state index is 0.300. The largest absolute Gasteiger partial charge is 0.370 e. The minimum absolute atomic E-state index is 0.300. The monoisotopic (exact) mass is 292 g/mol. The van der Waals surface area contributed by atoms with Crippen LogP contribution >= 0.6 is 0 Å². The molecule has 2 heterocycles. The van der Waals surface area contributed by atoms with Crippen LogP contribution in [0, 0.1) is 5.92 Å². The standard InChI is InChI=1S/C18H32N2O/c1-17(15-5-6-15)14-20(12-4-11-19-17)13-16-7-10-18(21-16)8-2-3-9-18/h15-16,19H,2-14H2,1H3. The first-order valence-electron chi connectivity index (χ1n) is 9.33. The molecule has 0 bridgehead atoms. The van der Waals surface area contributed by atoms with Crippen molar-refractivity contribution >= 4 is 0 Å². The van der Waals surface area contributed by atoms with E-state index in [1.54, 1.807) is 0 Å². The van der Waals surface area contributed by atoms with Crippen molar-refractivity contribution in [1.29, 1.82) is 0 Å². The fourth-order valence-electron chi connectivity index (χ4n) is 5.12. The van der Waals surface area contributed by atoms with Crippen LogP contribution in [0.1, 0.15) is 64.7 Å². The van der Waals surface area contributed by atoms with Crippen molar-refractivity contribution in [1.82, 2.24) is 10.2 Å². The lowest BCUT2D eigenvalue weighted by molar-refractivity contribution is -0.0485. The van der Waals surface area contributed by atoms with E-state index in [1.165, 1.54) is 84.0 Å². The summed E-state index contributed by atoms with van der Waals surface area (Å²) in [7, 11) is 0. The molecule has 2 saturated heterocycles. The highest BCUT2D eigenvalue weighted by Gasteiger charge is 2.45. The van der Waals surface area contributed by atoms with Crippen LogP contribution < -0.4 is 5.32 Å². The number of hydrogen-bond donors (Lipinski definition) is 1. The molecule has 0 aromatic rings. The highest BCUT2D eigenvalue weighted by molar-refractivity contribution is 5.01. The van der Waals surface area contributed by atoms with Crippen molar-refractivity contribution in [2.24, 2.45) is 5.92 Å². The normalized spacial score (nSPS) is 40.7. The van der Waals surface area contributed by atoms with Gasteiger partial charge in [0, 0.05) is 18.6 Å². The zero-order valence-electron chi connectivity index (χ0n) is 13.7. The van der Waals surface area contributed by atoms with Crippen LogP contribution in [0.3, 0.4) is 0 Å². The predicted octanol–water partition coefficient (Wildman–Crippen LogP) is 2.94. The molecule has 4 rings (SSSR count). The summed E-state index contributed by atoms with van der Waals surface area (Å²) in [5.41, 5.74) is 0.661. The van der Waals surface area contributed by atoms with E-state index in [-0.39, 0.29) is 0 Å². The van der Waals surface area contributed by atoms with Crippen LogP contribution in [-0.2, 0) is 4.74 Å². The van der Waals surface area contributed by atoms with E-state index in [0.29, 0.717) is 17.2 Å². The molecule has 1 spiro atoms. The first-order chi connectivity index (χ1) is 10.2. The van der Waals surface area contributed by atoms with E-state index in [9.17, 15) is 0 Å². The summed E-state index contributed by atoms with van der Waals surface area (Å²) in [6.07, 6.45) is 12.7. The van der Waals surface area contributed by atoms with E-state index < -0.39 is 0 Å². The summed E-state index contributed by atoms with van der Waals surface area (Å²) in [6, 6.07) is 0. The van der Waals surface area contributed by atoms with Crippen molar-refractivity contribution in [3.63, 3.8) is 0 Å². The van der Waals surface area contributed by atoms with Crippen LogP contribution in [0.4, 0.5) is 0 Å². The van der Waals surface area contributed by atoms with Gasteiger partial charge >= 0.3 is 0 Å². The van der Waals surface area contributed by atoms with Crippen molar-refractivity contribution in [2.45, 2.75) is 82.0 Å². The Labute approximate surface area is 129 Å². The van der Waals surface area contributed by atoms with Gasteiger partial charge < -0.3 is 10.1 Å². The summed E-state index contributed by atoms with van der Waals surface area (Å²) in [4.78, 5) is 2.71. The van der Waals surface area contributed by atoms with Crippen molar-refractivity contribution in [3.05, 3.63) is 0 Å². The Hall–Kier alpha value is -0.120. The van der Waals surface area contributed by atoms with Crippen molar-refractivity contribution in [2.75, 3.05) is 26.2 Å². The molecule has 120 valence electrons. The molecule has 2 saturated carbocycles. The number of ether oxygens (including phenoxy) is 1. The van der Waals surface area contributed by atoms with Gasteiger partial charge in [-0.15, -0.1) is 0 Å². The summed E-state index contributed by atoms with van der Waals surface area (Å²) >= 11 is 0. The Bertz CT molecular complexity index is 375. The number of hydrogen-bond acceptors (Lipinski definition) is 3. The second kappa shape index (κ2) is 5.50. The average Bonchev–Trinajstić information content (AvgIpc) is 3.17. The van der Waals surface area contributed by atoms with E-state index in [4.69, 9.17) is 4.74 Å². The summed E-state index contributed by atoms with van der Waals surface area (Å²) in [6.45, 7) is 7.30. The molecule has 0 amide bonds. The van der Waals surface area contributed by atoms with Crippen LogP contribution in [0.5, 0.6) is 0 Å². The molecular formula is C18H32N2O. The smallest absolute Gasteiger partial charge is 0.0710 e. The Kier molecular flexibility index (Phi) is 3.79. The molecule has 1 N–H and O–H groups in total. The first-order valence-corrected chi connectivity index (χ1v) is 9.33. The number of nitrogens with zero attached hydrogens (tertiary/aromatic N) is 1. The zero-order chi connectivity index (χ0) is 14.3. The van der Waals surface area contributed by atoms with Gasteiger partial charge in [-0.2, -0.15) is 0 Å². The van der Waals surface area contributed by atoms with Gasteiger partial charge in [-0.05, 0) is 70.9 Å². The predicted molar refractivity (Wildman–Crippen MR) is 85.5 cm³/mol. The molecule has 2 atom stereocenters. The molecule has 2 aliphatic carbocycles. The lowest BCUT2D eigenvalue weighted by Crippen LogP contribution is -2.52. The highest BCUT2D eigenvalue weighted by atomic mass is 16.5. The minimum Gasteiger partial charge on any atom is -0.370 e. The molecule has 3 heteroatoms. The Morgan fingerprint density at radius 3 is 2.67 bits per heavy atom. The second-order valence-corrected chi connectivity index (χ2v) is 8.38. The quantitative estimate of drug-likeness (QED) is 0.865. The molecular weight excluding hydrogens is 260 g/mol. The Morgan fingerprint density at radius 2 is 1.90 bits per heavy atom. The van der Waals surface area contributed by atoms with Gasteiger partial charge in [0.2, 0.25) is 0 Å². The van der Waals surface area contributed by atoms with Gasteiger partial charge in [-0.3, -0.25) is 4.90 Å². The summed E-state index contributed by atoms with van der Waals surface area (Å²) < 4.78 is 6.54. The van der Waals surface area contributed by atoms with E-state index in [0.717, 1.165) is 5.92 Å². The molecule has 2 unspecified atom stereocenters. The van der Waals surface area contributed by atoms with E-state index >= 15 is 0 Å². The fraction of sp³-hybridized carbons (Fsp3) is 1.00. The van der Waals surface area contributed by atoms with Gasteiger partial charge in [-0.1, -0.05) is 12.8 Å². The molecule has 4 fully saturated rings. The first kappa shape index (κ1) is 14.5. The summed E-state index contributed by atoms with van der Waals surface area (Å²) in [5.74, 6) is 0.920. The second-order valence-electron chi connectivity index (χ2n) is 8.38. The van der Waals surface area contributed by atoms with Gasteiger partial charge in [0.25, 0.3) is 0 Å². The number of rotatable bonds is 3. The fourth-order valence-corrected chi connectivity index (χ4v) is 5.12. The lowest BCUT2D eigenvalue weighted by atomic mass is 9.95. The van der Waals surface area contributed by atoms with E-state index in [1.807, 2.05) is 0 Å². The maximum atomic E-state index is 6.54. The average molecular weight is 292 g/mol. The van der Waals surface area contributed by atoms with Crippen LogP contribution in [-0.4, -0.2) is 48.3 Å². The Balaban J connectivity index is 1.35. The van der Waals surface area contributed by atoms with E-state index in [2.05, 4.69) is 17.1 Å². The summed E-state index contributed by atoms with van der Waals surface area (Å²) in [5, 5.41) is 3.84. The molecule has 21 heavy (non-hydrogen) atoms. The molecule has 0 aromatic carbocycles. The zero-order valence-corrected chi connectivity index (χ0v) is 13.7. The topological polar surface area (TPSA) is 24.5 Å². The van der Waals surface area contributed by atoms with Gasteiger partial charge in [0.1, 0.15) is 0 Å². The third-order valence-corrected chi connectivity index (χ3v) is 6.53. The van der Waals surface area contributed by atoms with Crippen LogP contribution in [0.2, 0.25) is 0 Å². The van der Waals surface area contributed by atoms with Gasteiger partial charge in [0.15, 0.2) is 0 Å². The molecule has 0 aromatic heterocycles. The molecule has 0 radical (unpaired) electrons. The van der Waals surface area contributed by atoms with Gasteiger partial charge in [0.05, 0.1) is 11.7 Å². The third-order valence-electron chi connectivity index (χ3n) is 6.53. The molecule has 2 aliphatic heterocycles. The number of nitrogens with one attached hydrogen (secondary N) is 1. The molecule has 4 aliphatic rings. The van der Waals surface area contributed by atoms with Crippen molar-refractivity contribution < 1.29 is 4.74 Å². The van der Waals surface area contributed by atoms with Gasteiger partial charge in [-0.25, -0.2) is 0 Å². The Morgan fingerprint density at radius 1 is 1.10 bits per heavy atom. The maximum absolute atomic E-state index is 6.54. The van der Waals surface area contributed by atoms with Crippen LogP contribution in [0.25, 0.3) is 0 Å². The maximum Gasteiger partial charge on any atom is 0.0710 e. The van der Waals surface area contributed by atoms with Crippen LogP contribution in [0.15, 0.2) is 0 Å².